The molecule has 130 valence electrons. The van der Waals surface area contributed by atoms with Gasteiger partial charge in [-0.05, 0) is 44.7 Å². The average molecular weight is 322 g/mol. The van der Waals surface area contributed by atoms with Gasteiger partial charge in [-0.1, -0.05) is 19.0 Å². The standard InChI is InChI=1S/C17H30N4O2/c1-13(2)9-16-18-17(23-19-16)11-21-8-3-5-14(21)10-20-7-4-6-15(20)12-22/h13-15,22H,3-12H2,1-2H3/t14-,15-/m0/s1. The first-order valence-electron chi connectivity index (χ1n) is 9.06. The van der Waals surface area contributed by atoms with Gasteiger partial charge in [0, 0.05) is 25.0 Å². The molecule has 3 rings (SSSR count). The van der Waals surface area contributed by atoms with Crippen LogP contribution < -0.4 is 0 Å². The summed E-state index contributed by atoms with van der Waals surface area (Å²) in [7, 11) is 0. The van der Waals surface area contributed by atoms with E-state index >= 15 is 0 Å². The molecule has 0 radical (unpaired) electrons. The van der Waals surface area contributed by atoms with Crippen LogP contribution in [0, 0.1) is 5.92 Å². The predicted molar refractivity (Wildman–Crippen MR) is 88.0 cm³/mol. The molecule has 2 aliphatic heterocycles. The Balaban J connectivity index is 1.55. The van der Waals surface area contributed by atoms with Gasteiger partial charge >= 0.3 is 0 Å². The van der Waals surface area contributed by atoms with Crippen LogP contribution in [-0.2, 0) is 13.0 Å². The van der Waals surface area contributed by atoms with Crippen LogP contribution in [0.15, 0.2) is 4.52 Å². The topological polar surface area (TPSA) is 65.6 Å². The molecule has 2 aliphatic rings. The lowest BCUT2D eigenvalue weighted by atomic mass is 10.1. The monoisotopic (exact) mass is 322 g/mol. The average Bonchev–Trinajstić information content (AvgIpc) is 3.22. The van der Waals surface area contributed by atoms with E-state index in [0.29, 0.717) is 18.0 Å². The van der Waals surface area contributed by atoms with Crippen molar-refractivity contribution in [1.29, 1.82) is 0 Å². The van der Waals surface area contributed by atoms with E-state index < -0.39 is 0 Å². The molecular formula is C17H30N4O2. The van der Waals surface area contributed by atoms with Gasteiger partial charge in [0.25, 0.3) is 0 Å². The van der Waals surface area contributed by atoms with E-state index in [4.69, 9.17) is 4.52 Å². The number of hydrogen-bond acceptors (Lipinski definition) is 6. The summed E-state index contributed by atoms with van der Waals surface area (Å²) in [6.45, 7) is 8.65. The Hall–Kier alpha value is -0.980. The predicted octanol–water partition coefficient (Wildman–Crippen LogP) is 1.69. The maximum atomic E-state index is 9.50. The minimum atomic E-state index is 0.287. The summed E-state index contributed by atoms with van der Waals surface area (Å²) in [5, 5.41) is 13.6. The molecule has 1 aromatic rings. The zero-order chi connectivity index (χ0) is 16.2. The highest BCUT2D eigenvalue weighted by Crippen LogP contribution is 2.24. The van der Waals surface area contributed by atoms with Crippen LogP contribution in [-0.4, -0.2) is 63.4 Å². The SMILES string of the molecule is CC(C)Cc1noc(CN2CCC[C@H]2CN2CCC[C@H]2CO)n1. The molecule has 0 unspecified atom stereocenters. The molecule has 0 aliphatic carbocycles. The van der Waals surface area contributed by atoms with Gasteiger partial charge in [-0.2, -0.15) is 4.98 Å². The van der Waals surface area contributed by atoms with E-state index in [9.17, 15) is 5.11 Å². The third-order valence-corrected chi connectivity index (χ3v) is 5.09. The zero-order valence-electron chi connectivity index (χ0n) is 14.4. The summed E-state index contributed by atoms with van der Waals surface area (Å²) < 4.78 is 5.43. The Kier molecular flexibility index (Phi) is 5.67. The maximum absolute atomic E-state index is 9.50. The molecule has 23 heavy (non-hydrogen) atoms. The summed E-state index contributed by atoms with van der Waals surface area (Å²) >= 11 is 0. The van der Waals surface area contributed by atoms with Gasteiger partial charge in [-0.15, -0.1) is 0 Å². The van der Waals surface area contributed by atoms with Crippen LogP contribution in [0.25, 0.3) is 0 Å². The van der Waals surface area contributed by atoms with Crippen molar-refractivity contribution in [3.05, 3.63) is 11.7 Å². The molecule has 0 spiro atoms. The van der Waals surface area contributed by atoms with Crippen molar-refractivity contribution >= 4 is 0 Å². The van der Waals surface area contributed by atoms with Crippen molar-refractivity contribution in [3.63, 3.8) is 0 Å². The molecule has 0 bridgehead atoms. The van der Waals surface area contributed by atoms with E-state index in [-0.39, 0.29) is 6.61 Å². The molecule has 1 N–H and O–H groups in total. The quantitative estimate of drug-likeness (QED) is 0.824. The van der Waals surface area contributed by atoms with E-state index in [1.165, 1.54) is 19.3 Å². The lowest BCUT2D eigenvalue weighted by molar-refractivity contribution is 0.115. The van der Waals surface area contributed by atoms with Gasteiger partial charge < -0.3 is 9.63 Å². The highest BCUT2D eigenvalue weighted by molar-refractivity contribution is 4.92. The Morgan fingerprint density at radius 1 is 1.17 bits per heavy atom. The number of hydrogen-bond donors (Lipinski definition) is 1. The van der Waals surface area contributed by atoms with Crippen molar-refractivity contribution in [3.8, 4) is 0 Å². The van der Waals surface area contributed by atoms with Crippen molar-refractivity contribution in [2.24, 2.45) is 5.92 Å². The Morgan fingerprint density at radius 2 is 1.91 bits per heavy atom. The molecule has 3 heterocycles. The number of aromatic nitrogens is 2. The molecular weight excluding hydrogens is 292 g/mol. The largest absolute Gasteiger partial charge is 0.395 e. The minimum absolute atomic E-state index is 0.287. The summed E-state index contributed by atoms with van der Waals surface area (Å²) in [6, 6.07) is 0.904. The highest BCUT2D eigenvalue weighted by Gasteiger charge is 2.31. The van der Waals surface area contributed by atoms with Crippen molar-refractivity contribution in [2.45, 2.75) is 64.6 Å². The summed E-state index contributed by atoms with van der Waals surface area (Å²) in [5.41, 5.74) is 0. The fourth-order valence-corrected chi connectivity index (χ4v) is 3.90. The maximum Gasteiger partial charge on any atom is 0.240 e. The molecule has 0 aromatic carbocycles. The fourth-order valence-electron chi connectivity index (χ4n) is 3.90. The number of nitrogens with zero attached hydrogens (tertiary/aromatic N) is 4. The van der Waals surface area contributed by atoms with Crippen molar-refractivity contribution in [2.75, 3.05) is 26.2 Å². The van der Waals surface area contributed by atoms with Gasteiger partial charge in [0.1, 0.15) is 0 Å². The van der Waals surface area contributed by atoms with Gasteiger partial charge in [-0.25, -0.2) is 0 Å². The highest BCUT2D eigenvalue weighted by atomic mass is 16.5. The van der Waals surface area contributed by atoms with Crippen LogP contribution >= 0.6 is 0 Å². The van der Waals surface area contributed by atoms with E-state index in [2.05, 4.69) is 33.8 Å². The lowest BCUT2D eigenvalue weighted by Crippen LogP contribution is -2.43. The minimum Gasteiger partial charge on any atom is -0.395 e. The van der Waals surface area contributed by atoms with Gasteiger partial charge in [0.2, 0.25) is 5.89 Å². The number of aliphatic hydroxyl groups is 1. The zero-order valence-corrected chi connectivity index (χ0v) is 14.4. The molecule has 2 fully saturated rings. The first-order valence-corrected chi connectivity index (χ1v) is 9.06. The molecule has 0 saturated carbocycles. The Bertz CT molecular complexity index is 491. The smallest absolute Gasteiger partial charge is 0.240 e. The molecule has 6 heteroatoms. The van der Waals surface area contributed by atoms with Crippen LogP contribution in [0.2, 0.25) is 0 Å². The first kappa shape index (κ1) is 16.9. The number of rotatable bonds is 7. The van der Waals surface area contributed by atoms with Crippen molar-refractivity contribution < 1.29 is 9.63 Å². The second-order valence-electron chi connectivity index (χ2n) is 7.44. The number of likely N-dealkylation sites (tertiary alicyclic amines) is 2. The third-order valence-electron chi connectivity index (χ3n) is 5.09. The second-order valence-corrected chi connectivity index (χ2v) is 7.44. The summed E-state index contributed by atoms with van der Waals surface area (Å²) in [6.07, 6.45) is 5.67. The van der Waals surface area contributed by atoms with Crippen LogP contribution in [0.4, 0.5) is 0 Å². The first-order chi connectivity index (χ1) is 11.2. The summed E-state index contributed by atoms with van der Waals surface area (Å²) in [5.74, 6) is 2.11. The van der Waals surface area contributed by atoms with Gasteiger partial charge in [0.15, 0.2) is 5.82 Å². The lowest BCUT2D eigenvalue weighted by Gasteiger charge is -2.30. The van der Waals surface area contributed by atoms with Crippen LogP contribution in [0.5, 0.6) is 0 Å². The normalized spacial score (nSPS) is 26.6. The van der Waals surface area contributed by atoms with E-state index in [1.54, 1.807) is 0 Å². The van der Waals surface area contributed by atoms with Crippen LogP contribution in [0.3, 0.4) is 0 Å². The van der Waals surface area contributed by atoms with Gasteiger partial charge in [0.05, 0.1) is 13.2 Å². The molecule has 1 aromatic heterocycles. The van der Waals surface area contributed by atoms with Crippen molar-refractivity contribution in [1.82, 2.24) is 19.9 Å². The Labute approximate surface area is 138 Å². The molecule has 2 atom stereocenters. The molecule has 2 saturated heterocycles. The second kappa shape index (κ2) is 7.73. The van der Waals surface area contributed by atoms with E-state index in [1.807, 2.05) is 0 Å². The third kappa shape index (κ3) is 4.31. The Morgan fingerprint density at radius 3 is 2.65 bits per heavy atom. The van der Waals surface area contributed by atoms with Gasteiger partial charge in [-0.3, -0.25) is 9.80 Å². The number of aliphatic hydroxyl groups excluding tert-OH is 1. The molecule has 0 amide bonds. The summed E-state index contributed by atoms with van der Waals surface area (Å²) in [4.78, 5) is 9.47. The fraction of sp³-hybridized carbons (Fsp3) is 0.882. The van der Waals surface area contributed by atoms with Crippen LogP contribution in [0.1, 0.15) is 51.2 Å². The molecule has 6 nitrogen and oxygen atoms in total. The van der Waals surface area contributed by atoms with E-state index in [0.717, 1.165) is 50.7 Å².